The van der Waals surface area contributed by atoms with Crippen molar-refractivity contribution in [3.05, 3.63) is 65.2 Å². The van der Waals surface area contributed by atoms with Gasteiger partial charge in [-0.15, -0.1) is 0 Å². The van der Waals surface area contributed by atoms with Gasteiger partial charge in [0, 0.05) is 0 Å². The monoisotopic (exact) mass is 256 g/mol. The van der Waals surface area contributed by atoms with E-state index in [0.717, 1.165) is 0 Å². The number of hydrogen-bond acceptors (Lipinski definition) is 3. The number of rotatable bonds is 1. The molecule has 1 aliphatic heterocycles. The summed E-state index contributed by atoms with van der Waals surface area (Å²) < 4.78 is 18.1. The molecule has 4 heteroatoms. The standard InChI is InChI=1S/C15H9FO3/c16-10-6-4-9(5-7-10)8-13-14(18)11-2-1-3-12(17)15(11)19-13/h1-8,17H/b13-8-. The van der Waals surface area contributed by atoms with E-state index in [2.05, 4.69) is 0 Å². The minimum absolute atomic E-state index is 0.0756. The number of fused-ring (bicyclic) bond motifs is 1. The molecule has 0 saturated carbocycles. The highest BCUT2D eigenvalue weighted by atomic mass is 19.1. The molecule has 0 bridgehead atoms. The predicted octanol–water partition coefficient (Wildman–Crippen LogP) is 3.15. The Labute approximate surface area is 108 Å². The molecule has 0 amide bonds. The number of phenols is 1. The summed E-state index contributed by atoms with van der Waals surface area (Å²) in [5, 5.41) is 9.62. The highest BCUT2D eigenvalue weighted by molar-refractivity contribution is 6.15. The summed E-state index contributed by atoms with van der Waals surface area (Å²) in [6.45, 7) is 0. The largest absolute Gasteiger partial charge is 0.504 e. The smallest absolute Gasteiger partial charge is 0.232 e. The Balaban J connectivity index is 2.00. The normalized spacial score (nSPS) is 15.4. The molecule has 1 N–H and O–H groups in total. The van der Waals surface area contributed by atoms with E-state index in [1.807, 2.05) is 0 Å². The van der Waals surface area contributed by atoms with E-state index in [4.69, 9.17) is 4.74 Å². The molecule has 0 aliphatic carbocycles. The molecule has 0 aromatic heterocycles. The van der Waals surface area contributed by atoms with Gasteiger partial charge in [-0.1, -0.05) is 18.2 Å². The molecule has 19 heavy (non-hydrogen) atoms. The van der Waals surface area contributed by atoms with Crippen LogP contribution in [0.25, 0.3) is 6.08 Å². The van der Waals surface area contributed by atoms with Gasteiger partial charge >= 0.3 is 0 Å². The van der Waals surface area contributed by atoms with Gasteiger partial charge in [-0.3, -0.25) is 4.79 Å². The van der Waals surface area contributed by atoms with E-state index in [9.17, 15) is 14.3 Å². The summed E-state index contributed by atoms with van der Waals surface area (Å²) in [4.78, 5) is 12.0. The molecule has 1 heterocycles. The SMILES string of the molecule is O=C1/C(=C/c2ccc(F)cc2)Oc2c(O)cccc21. The van der Waals surface area contributed by atoms with E-state index in [1.54, 1.807) is 24.3 Å². The van der Waals surface area contributed by atoms with Crippen LogP contribution < -0.4 is 4.74 Å². The lowest BCUT2D eigenvalue weighted by Gasteiger charge is -2.00. The van der Waals surface area contributed by atoms with E-state index in [0.29, 0.717) is 11.1 Å². The van der Waals surface area contributed by atoms with Crippen LogP contribution in [0.1, 0.15) is 15.9 Å². The number of allylic oxidation sites excluding steroid dienone is 1. The second-order valence-electron chi connectivity index (χ2n) is 4.15. The van der Waals surface area contributed by atoms with Crippen LogP contribution in [0.5, 0.6) is 11.5 Å². The Kier molecular flexibility index (Phi) is 2.56. The zero-order valence-corrected chi connectivity index (χ0v) is 9.76. The topological polar surface area (TPSA) is 46.5 Å². The van der Waals surface area contributed by atoms with Crippen molar-refractivity contribution in [3.63, 3.8) is 0 Å². The minimum Gasteiger partial charge on any atom is -0.504 e. The number of hydrogen-bond donors (Lipinski definition) is 1. The van der Waals surface area contributed by atoms with E-state index >= 15 is 0 Å². The molecule has 0 fully saturated rings. The van der Waals surface area contributed by atoms with Crippen molar-refractivity contribution in [2.24, 2.45) is 0 Å². The Hall–Kier alpha value is -2.62. The van der Waals surface area contributed by atoms with Crippen molar-refractivity contribution in [3.8, 4) is 11.5 Å². The number of ketones is 1. The van der Waals surface area contributed by atoms with Crippen LogP contribution in [-0.4, -0.2) is 10.9 Å². The quantitative estimate of drug-likeness (QED) is 0.797. The second kappa shape index (κ2) is 4.24. The summed E-state index contributed by atoms with van der Waals surface area (Å²) in [7, 11) is 0. The van der Waals surface area contributed by atoms with Gasteiger partial charge in [0.05, 0.1) is 5.56 Å². The third kappa shape index (κ3) is 1.97. The summed E-state index contributed by atoms with van der Waals surface area (Å²) in [5.41, 5.74) is 0.977. The number of carbonyl (C=O) groups excluding carboxylic acids is 1. The Bertz CT molecular complexity index is 687. The first-order chi connectivity index (χ1) is 9.15. The molecule has 2 aromatic rings. The van der Waals surface area contributed by atoms with Gasteiger partial charge in [-0.25, -0.2) is 4.39 Å². The average Bonchev–Trinajstić information content (AvgIpc) is 2.72. The van der Waals surface area contributed by atoms with Crippen LogP contribution in [-0.2, 0) is 0 Å². The van der Waals surface area contributed by atoms with Crippen molar-refractivity contribution < 1.29 is 19.0 Å². The molecule has 1 aliphatic rings. The summed E-state index contributed by atoms with van der Waals surface area (Å²) >= 11 is 0. The van der Waals surface area contributed by atoms with Gasteiger partial charge < -0.3 is 9.84 Å². The number of ether oxygens (including phenoxy) is 1. The molecule has 94 valence electrons. The van der Waals surface area contributed by atoms with Gasteiger partial charge in [-0.05, 0) is 35.9 Å². The lowest BCUT2D eigenvalue weighted by Crippen LogP contribution is -1.97. The zero-order valence-electron chi connectivity index (χ0n) is 9.76. The average molecular weight is 256 g/mol. The van der Waals surface area contributed by atoms with Crippen LogP contribution in [0.3, 0.4) is 0 Å². The lowest BCUT2D eigenvalue weighted by atomic mass is 10.1. The third-order valence-electron chi connectivity index (χ3n) is 2.84. The summed E-state index contributed by atoms with van der Waals surface area (Å²) in [6.07, 6.45) is 1.52. The van der Waals surface area contributed by atoms with Gasteiger partial charge in [0.2, 0.25) is 5.78 Å². The maximum absolute atomic E-state index is 12.8. The second-order valence-corrected chi connectivity index (χ2v) is 4.15. The molecular formula is C15H9FO3. The number of aromatic hydroxyl groups is 1. The van der Waals surface area contributed by atoms with Crippen LogP contribution in [0, 0.1) is 5.82 Å². The van der Waals surface area contributed by atoms with Crippen molar-refractivity contribution >= 4 is 11.9 Å². The van der Waals surface area contributed by atoms with Crippen LogP contribution in [0.15, 0.2) is 48.2 Å². The molecular weight excluding hydrogens is 247 g/mol. The van der Waals surface area contributed by atoms with Gasteiger partial charge in [-0.2, -0.15) is 0 Å². The molecule has 0 radical (unpaired) electrons. The molecule has 2 aromatic carbocycles. The molecule has 3 nitrogen and oxygen atoms in total. The number of para-hydroxylation sites is 1. The predicted molar refractivity (Wildman–Crippen MR) is 67.4 cm³/mol. The molecule has 3 rings (SSSR count). The Morgan fingerprint density at radius 1 is 1.11 bits per heavy atom. The van der Waals surface area contributed by atoms with Crippen molar-refractivity contribution in [2.75, 3.05) is 0 Å². The molecule has 0 spiro atoms. The van der Waals surface area contributed by atoms with E-state index in [-0.39, 0.29) is 28.9 Å². The fraction of sp³-hybridized carbons (Fsp3) is 0. The number of halogens is 1. The Morgan fingerprint density at radius 3 is 2.53 bits per heavy atom. The number of benzene rings is 2. The number of carbonyl (C=O) groups is 1. The summed E-state index contributed by atoms with van der Waals surface area (Å²) in [6, 6.07) is 10.3. The van der Waals surface area contributed by atoms with E-state index in [1.165, 1.54) is 24.3 Å². The van der Waals surface area contributed by atoms with E-state index < -0.39 is 0 Å². The van der Waals surface area contributed by atoms with Crippen LogP contribution in [0.4, 0.5) is 4.39 Å². The first-order valence-corrected chi connectivity index (χ1v) is 5.67. The van der Waals surface area contributed by atoms with Crippen molar-refractivity contribution in [1.82, 2.24) is 0 Å². The maximum atomic E-state index is 12.8. The van der Waals surface area contributed by atoms with Gasteiger partial charge in [0.15, 0.2) is 17.3 Å². The first-order valence-electron chi connectivity index (χ1n) is 5.67. The lowest BCUT2D eigenvalue weighted by molar-refractivity contribution is 0.101. The third-order valence-corrected chi connectivity index (χ3v) is 2.84. The van der Waals surface area contributed by atoms with Gasteiger partial charge in [0.1, 0.15) is 5.82 Å². The van der Waals surface area contributed by atoms with Crippen molar-refractivity contribution in [1.29, 1.82) is 0 Å². The molecule has 0 atom stereocenters. The first kappa shape index (κ1) is 11.5. The highest BCUT2D eigenvalue weighted by Crippen LogP contribution is 2.38. The molecule has 0 saturated heterocycles. The zero-order chi connectivity index (χ0) is 13.4. The highest BCUT2D eigenvalue weighted by Gasteiger charge is 2.29. The van der Waals surface area contributed by atoms with Crippen LogP contribution >= 0.6 is 0 Å². The van der Waals surface area contributed by atoms with Crippen LogP contribution in [0.2, 0.25) is 0 Å². The Morgan fingerprint density at radius 2 is 1.84 bits per heavy atom. The summed E-state index contributed by atoms with van der Waals surface area (Å²) in [5.74, 6) is -0.436. The fourth-order valence-corrected chi connectivity index (χ4v) is 1.91. The van der Waals surface area contributed by atoms with Crippen molar-refractivity contribution in [2.45, 2.75) is 0 Å². The number of phenolic OH excluding ortho intramolecular Hbond substituents is 1. The minimum atomic E-state index is -0.346. The fourth-order valence-electron chi connectivity index (χ4n) is 1.91. The van der Waals surface area contributed by atoms with Gasteiger partial charge in [0.25, 0.3) is 0 Å². The molecule has 0 unspecified atom stereocenters. The maximum Gasteiger partial charge on any atom is 0.232 e. The number of Topliss-reactive ketones (excluding diaryl/α,β-unsaturated/α-hetero) is 1.